The van der Waals surface area contributed by atoms with Gasteiger partial charge in [-0.3, -0.25) is 0 Å². The van der Waals surface area contributed by atoms with E-state index in [1.54, 1.807) is 14.2 Å². The fourth-order valence-corrected chi connectivity index (χ4v) is 2.33. The molecule has 0 N–H and O–H groups in total. The molecule has 1 aromatic heterocycles. The van der Waals surface area contributed by atoms with Gasteiger partial charge in [-0.05, 0) is 24.3 Å². The predicted molar refractivity (Wildman–Crippen MR) is 85.7 cm³/mol. The van der Waals surface area contributed by atoms with E-state index in [1.807, 2.05) is 54.4 Å². The lowest BCUT2D eigenvalue weighted by Gasteiger charge is -2.17. The van der Waals surface area contributed by atoms with Gasteiger partial charge in [-0.2, -0.15) is 4.98 Å². The Morgan fingerprint density at radius 2 is 1.91 bits per heavy atom. The maximum absolute atomic E-state index is 5.77. The predicted octanol–water partition coefficient (Wildman–Crippen LogP) is 3.48. The Balaban J connectivity index is 1.85. The summed E-state index contributed by atoms with van der Waals surface area (Å²) < 4.78 is 16.4. The Morgan fingerprint density at radius 1 is 1.09 bits per heavy atom. The van der Waals surface area contributed by atoms with Gasteiger partial charge in [0.05, 0.1) is 20.8 Å². The summed E-state index contributed by atoms with van der Waals surface area (Å²) in [6, 6.07) is 14.1. The van der Waals surface area contributed by atoms with Crippen LogP contribution in [0.1, 0.15) is 5.56 Å². The molecule has 0 amide bonds. The SMILES string of the molecule is COc1ccc(CN(C)c2nc3ccccc3o2)c(OC)c1. The fourth-order valence-electron chi connectivity index (χ4n) is 2.33. The summed E-state index contributed by atoms with van der Waals surface area (Å²) in [4.78, 5) is 6.44. The summed E-state index contributed by atoms with van der Waals surface area (Å²) in [6.45, 7) is 0.625. The number of oxazole rings is 1. The average molecular weight is 298 g/mol. The van der Waals surface area contributed by atoms with Crippen molar-refractivity contribution in [1.29, 1.82) is 0 Å². The van der Waals surface area contributed by atoms with E-state index in [1.165, 1.54) is 0 Å². The Bertz CT molecular complexity index is 749. The smallest absolute Gasteiger partial charge is 0.298 e. The Morgan fingerprint density at radius 3 is 2.64 bits per heavy atom. The first-order chi connectivity index (χ1) is 10.7. The first-order valence-electron chi connectivity index (χ1n) is 6.99. The van der Waals surface area contributed by atoms with E-state index in [0.29, 0.717) is 12.6 Å². The van der Waals surface area contributed by atoms with Gasteiger partial charge in [-0.25, -0.2) is 0 Å². The van der Waals surface area contributed by atoms with Gasteiger partial charge in [0.2, 0.25) is 0 Å². The summed E-state index contributed by atoms with van der Waals surface area (Å²) >= 11 is 0. The van der Waals surface area contributed by atoms with Crippen LogP contribution in [-0.2, 0) is 6.54 Å². The zero-order valence-electron chi connectivity index (χ0n) is 12.9. The van der Waals surface area contributed by atoms with Crippen LogP contribution in [0.2, 0.25) is 0 Å². The van der Waals surface area contributed by atoms with Gasteiger partial charge in [0.25, 0.3) is 6.01 Å². The van der Waals surface area contributed by atoms with Gasteiger partial charge in [-0.1, -0.05) is 12.1 Å². The summed E-state index contributed by atoms with van der Waals surface area (Å²) in [5, 5.41) is 0. The second-order valence-corrected chi connectivity index (χ2v) is 5.00. The minimum absolute atomic E-state index is 0.582. The van der Waals surface area contributed by atoms with Gasteiger partial charge in [-0.15, -0.1) is 0 Å². The molecule has 5 heteroatoms. The Labute approximate surface area is 129 Å². The van der Waals surface area contributed by atoms with Crippen LogP contribution in [0.25, 0.3) is 11.1 Å². The van der Waals surface area contributed by atoms with E-state index in [-0.39, 0.29) is 0 Å². The second kappa shape index (κ2) is 5.97. The number of benzene rings is 2. The van der Waals surface area contributed by atoms with Gasteiger partial charge in [0.15, 0.2) is 5.58 Å². The second-order valence-electron chi connectivity index (χ2n) is 5.00. The number of hydrogen-bond acceptors (Lipinski definition) is 5. The third-order valence-corrected chi connectivity index (χ3v) is 3.51. The van der Waals surface area contributed by atoms with Crippen LogP contribution in [0, 0.1) is 0 Å². The van der Waals surface area contributed by atoms with Crippen molar-refractivity contribution in [2.24, 2.45) is 0 Å². The third-order valence-electron chi connectivity index (χ3n) is 3.51. The van der Waals surface area contributed by atoms with Crippen molar-refractivity contribution in [2.75, 3.05) is 26.2 Å². The van der Waals surface area contributed by atoms with Crippen LogP contribution in [0.3, 0.4) is 0 Å². The van der Waals surface area contributed by atoms with Gasteiger partial charge in [0, 0.05) is 18.7 Å². The molecule has 3 aromatic rings. The molecule has 22 heavy (non-hydrogen) atoms. The largest absolute Gasteiger partial charge is 0.497 e. The van der Waals surface area contributed by atoms with Crippen LogP contribution in [0.15, 0.2) is 46.9 Å². The number of rotatable bonds is 5. The molecule has 3 rings (SSSR count). The number of anilines is 1. The average Bonchev–Trinajstić information content (AvgIpc) is 2.99. The number of aromatic nitrogens is 1. The summed E-state index contributed by atoms with van der Waals surface area (Å²) in [5.41, 5.74) is 2.67. The van der Waals surface area contributed by atoms with Crippen molar-refractivity contribution in [2.45, 2.75) is 6.54 Å². The number of hydrogen-bond donors (Lipinski definition) is 0. The van der Waals surface area contributed by atoms with Gasteiger partial charge < -0.3 is 18.8 Å². The molecule has 0 spiro atoms. The topological polar surface area (TPSA) is 47.7 Å². The van der Waals surface area contributed by atoms with Crippen LogP contribution in [0.5, 0.6) is 11.5 Å². The molecule has 0 fully saturated rings. The zero-order chi connectivity index (χ0) is 15.5. The lowest BCUT2D eigenvalue weighted by atomic mass is 10.2. The maximum Gasteiger partial charge on any atom is 0.298 e. The van der Waals surface area contributed by atoms with Crippen molar-refractivity contribution in [3.63, 3.8) is 0 Å². The van der Waals surface area contributed by atoms with Crippen molar-refractivity contribution in [3.8, 4) is 11.5 Å². The number of fused-ring (bicyclic) bond motifs is 1. The lowest BCUT2D eigenvalue weighted by Crippen LogP contribution is -2.17. The molecule has 0 saturated carbocycles. The van der Waals surface area contributed by atoms with E-state index in [0.717, 1.165) is 28.2 Å². The minimum atomic E-state index is 0.582. The number of methoxy groups -OCH3 is 2. The molecular weight excluding hydrogens is 280 g/mol. The molecule has 0 atom stereocenters. The Hall–Kier alpha value is -2.69. The maximum atomic E-state index is 5.77. The molecule has 0 aliphatic heterocycles. The molecule has 0 saturated heterocycles. The first-order valence-corrected chi connectivity index (χ1v) is 6.99. The highest BCUT2D eigenvalue weighted by molar-refractivity contribution is 5.74. The van der Waals surface area contributed by atoms with E-state index >= 15 is 0 Å². The quantitative estimate of drug-likeness (QED) is 0.721. The Kier molecular flexibility index (Phi) is 3.87. The highest BCUT2D eigenvalue weighted by Gasteiger charge is 2.13. The third kappa shape index (κ3) is 2.70. The van der Waals surface area contributed by atoms with Crippen molar-refractivity contribution in [3.05, 3.63) is 48.0 Å². The van der Waals surface area contributed by atoms with E-state index in [4.69, 9.17) is 13.9 Å². The lowest BCUT2D eigenvalue weighted by molar-refractivity contribution is 0.390. The molecular formula is C17H18N2O3. The van der Waals surface area contributed by atoms with Crippen LogP contribution < -0.4 is 14.4 Å². The van der Waals surface area contributed by atoms with E-state index < -0.39 is 0 Å². The highest BCUT2D eigenvalue weighted by atomic mass is 16.5. The molecule has 0 aliphatic rings. The molecule has 0 bridgehead atoms. The molecule has 0 radical (unpaired) electrons. The molecule has 114 valence electrons. The van der Waals surface area contributed by atoms with Crippen molar-refractivity contribution >= 4 is 17.1 Å². The minimum Gasteiger partial charge on any atom is -0.497 e. The standard InChI is InChI=1S/C17H18N2O3/c1-19(17-18-14-6-4-5-7-15(14)22-17)11-12-8-9-13(20-2)10-16(12)21-3/h4-10H,11H2,1-3H3. The summed E-state index contributed by atoms with van der Waals surface area (Å²) in [5.74, 6) is 1.55. The summed E-state index contributed by atoms with van der Waals surface area (Å²) in [6.07, 6.45) is 0. The molecule has 5 nitrogen and oxygen atoms in total. The van der Waals surface area contributed by atoms with E-state index in [2.05, 4.69) is 4.98 Å². The van der Waals surface area contributed by atoms with E-state index in [9.17, 15) is 0 Å². The number of para-hydroxylation sites is 2. The molecule has 2 aromatic carbocycles. The van der Waals surface area contributed by atoms with Crippen LogP contribution in [0.4, 0.5) is 6.01 Å². The molecule has 0 unspecified atom stereocenters. The van der Waals surface area contributed by atoms with Crippen molar-refractivity contribution < 1.29 is 13.9 Å². The first kappa shape index (κ1) is 14.3. The normalized spacial score (nSPS) is 10.7. The fraction of sp³-hybridized carbons (Fsp3) is 0.235. The molecule has 0 aliphatic carbocycles. The monoisotopic (exact) mass is 298 g/mol. The van der Waals surface area contributed by atoms with Crippen LogP contribution >= 0.6 is 0 Å². The molecule has 1 heterocycles. The van der Waals surface area contributed by atoms with Crippen LogP contribution in [-0.4, -0.2) is 26.3 Å². The number of nitrogens with zero attached hydrogens (tertiary/aromatic N) is 2. The summed E-state index contributed by atoms with van der Waals surface area (Å²) in [7, 11) is 5.23. The van der Waals surface area contributed by atoms with Gasteiger partial charge >= 0.3 is 0 Å². The van der Waals surface area contributed by atoms with Gasteiger partial charge in [0.1, 0.15) is 17.0 Å². The van der Waals surface area contributed by atoms with Crippen molar-refractivity contribution in [1.82, 2.24) is 4.98 Å². The number of ether oxygens (including phenoxy) is 2. The highest BCUT2D eigenvalue weighted by Crippen LogP contribution is 2.28. The zero-order valence-corrected chi connectivity index (χ0v) is 12.9.